The van der Waals surface area contributed by atoms with Crippen molar-refractivity contribution in [3.8, 4) is 22.9 Å². The van der Waals surface area contributed by atoms with Gasteiger partial charge >= 0.3 is 11.8 Å². The fourth-order valence-corrected chi connectivity index (χ4v) is 3.00. The molecule has 1 saturated carbocycles. The molecular weight excluding hydrogens is 402 g/mol. The van der Waals surface area contributed by atoms with E-state index in [1.54, 1.807) is 49.6 Å². The third kappa shape index (κ3) is 4.89. The number of hydroxylamine groups is 1. The lowest BCUT2D eigenvalue weighted by Gasteiger charge is -2.12. The van der Waals surface area contributed by atoms with E-state index in [-0.39, 0.29) is 23.9 Å². The summed E-state index contributed by atoms with van der Waals surface area (Å²) < 4.78 is 16.0. The van der Waals surface area contributed by atoms with Crippen molar-refractivity contribution in [1.29, 1.82) is 0 Å². The van der Waals surface area contributed by atoms with E-state index in [0.29, 0.717) is 35.2 Å². The molecule has 1 aliphatic rings. The number of amides is 1. The molecule has 1 fully saturated rings. The molecule has 0 radical (unpaired) electrons. The maximum Gasteiger partial charge on any atom is 0.333 e. The van der Waals surface area contributed by atoms with Gasteiger partial charge in [-0.1, -0.05) is 29.4 Å². The van der Waals surface area contributed by atoms with Crippen LogP contribution < -0.4 is 15.0 Å². The summed E-state index contributed by atoms with van der Waals surface area (Å²) in [6.07, 6.45) is 2.56. The molecule has 1 heterocycles. The van der Waals surface area contributed by atoms with Crippen LogP contribution in [-0.4, -0.2) is 40.8 Å². The molecule has 1 amide bonds. The van der Waals surface area contributed by atoms with Crippen molar-refractivity contribution in [2.45, 2.75) is 19.3 Å². The SMILES string of the molecule is COc1ccc(C(=O)Cc2ccc(-c3noc(C(=O)NO)n3)cc2)cc1OCC1CC1. The predicted molar refractivity (Wildman–Crippen MR) is 108 cm³/mol. The summed E-state index contributed by atoms with van der Waals surface area (Å²) in [5.74, 6) is 0.691. The van der Waals surface area contributed by atoms with Gasteiger partial charge < -0.3 is 14.0 Å². The number of nitrogens with zero attached hydrogens (tertiary/aromatic N) is 2. The molecule has 2 N–H and O–H groups in total. The number of nitrogens with one attached hydrogen (secondary N) is 1. The minimum atomic E-state index is -0.888. The van der Waals surface area contributed by atoms with Gasteiger partial charge in [0.25, 0.3) is 0 Å². The highest BCUT2D eigenvalue weighted by molar-refractivity contribution is 5.98. The van der Waals surface area contributed by atoms with E-state index in [1.165, 1.54) is 18.3 Å². The Bertz CT molecular complexity index is 1090. The maximum atomic E-state index is 12.8. The van der Waals surface area contributed by atoms with Gasteiger partial charge in [0.05, 0.1) is 13.7 Å². The van der Waals surface area contributed by atoms with Crippen LogP contribution in [0.5, 0.6) is 11.5 Å². The van der Waals surface area contributed by atoms with Gasteiger partial charge in [0.2, 0.25) is 5.82 Å². The summed E-state index contributed by atoms with van der Waals surface area (Å²) >= 11 is 0. The van der Waals surface area contributed by atoms with Crippen LogP contribution in [0.25, 0.3) is 11.4 Å². The van der Waals surface area contributed by atoms with E-state index in [0.717, 1.165) is 5.56 Å². The van der Waals surface area contributed by atoms with Crippen molar-refractivity contribution in [2.24, 2.45) is 5.92 Å². The average Bonchev–Trinajstić information content (AvgIpc) is 3.51. The first-order valence-electron chi connectivity index (χ1n) is 9.79. The second-order valence-electron chi connectivity index (χ2n) is 7.28. The molecule has 2 aromatic carbocycles. The second kappa shape index (κ2) is 8.97. The first-order chi connectivity index (χ1) is 15.1. The molecule has 0 spiro atoms. The summed E-state index contributed by atoms with van der Waals surface area (Å²) in [5, 5.41) is 12.3. The molecule has 9 nitrogen and oxygen atoms in total. The van der Waals surface area contributed by atoms with Crippen molar-refractivity contribution in [2.75, 3.05) is 13.7 Å². The number of rotatable bonds is 9. The van der Waals surface area contributed by atoms with E-state index in [1.807, 2.05) is 0 Å². The van der Waals surface area contributed by atoms with Crippen molar-refractivity contribution in [3.05, 3.63) is 59.5 Å². The zero-order chi connectivity index (χ0) is 21.8. The lowest BCUT2D eigenvalue weighted by molar-refractivity contribution is 0.0659. The first-order valence-corrected chi connectivity index (χ1v) is 9.79. The number of aromatic nitrogens is 2. The summed E-state index contributed by atoms with van der Waals surface area (Å²) in [7, 11) is 1.57. The van der Waals surface area contributed by atoms with E-state index in [2.05, 4.69) is 10.1 Å². The van der Waals surface area contributed by atoms with E-state index < -0.39 is 5.91 Å². The fraction of sp³-hybridized carbons (Fsp3) is 0.273. The number of carbonyl (C=O) groups excluding carboxylic acids is 2. The molecule has 31 heavy (non-hydrogen) atoms. The van der Waals surface area contributed by atoms with E-state index in [9.17, 15) is 9.59 Å². The Kier molecular flexibility index (Phi) is 5.94. The highest BCUT2D eigenvalue weighted by Gasteiger charge is 2.23. The topological polar surface area (TPSA) is 124 Å². The predicted octanol–water partition coefficient (Wildman–Crippen LogP) is 3.08. The number of methoxy groups -OCH3 is 1. The van der Waals surface area contributed by atoms with Crippen LogP contribution >= 0.6 is 0 Å². The van der Waals surface area contributed by atoms with Gasteiger partial charge in [0.15, 0.2) is 17.3 Å². The van der Waals surface area contributed by atoms with Gasteiger partial charge in [-0.3, -0.25) is 14.8 Å². The second-order valence-corrected chi connectivity index (χ2v) is 7.28. The number of ketones is 1. The van der Waals surface area contributed by atoms with Crippen LogP contribution in [-0.2, 0) is 6.42 Å². The lowest BCUT2D eigenvalue weighted by atomic mass is 10.0. The summed E-state index contributed by atoms with van der Waals surface area (Å²) in [6.45, 7) is 0.632. The molecule has 0 atom stereocenters. The molecule has 0 saturated heterocycles. The Morgan fingerprint density at radius 3 is 2.61 bits per heavy atom. The number of hydrogen-bond donors (Lipinski definition) is 2. The zero-order valence-corrected chi connectivity index (χ0v) is 16.8. The normalized spacial score (nSPS) is 13.0. The molecule has 160 valence electrons. The molecule has 1 aliphatic carbocycles. The Morgan fingerprint density at radius 1 is 1.16 bits per heavy atom. The van der Waals surface area contributed by atoms with Gasteiger partial charge in [0.1, 0.15) is 0 Å². The first kappa shape index (κ1) is 20.5. The molecule has 0 unspecified atom stereocenters. The standard InChI is InChI=1S/C22H21N3O6/c1-29-18-9-8-16(11-19(18)30-12-14-2-3-14)17(26)10-13-4-6-15(7-5-13)20-23-22(31-25-20)21(27)24-28/h4-9,11,14,28H,2-3,10,12H2,1H3,(H,24,27). The van der Waals surface area contributed by atoms with Crippen LogP contribution in [0.1, 0.15) is 39.4 Å². The van der Waals surface area contributed by atoms with Crippen LogP contribution in [0.4, 0.5) is 0 Å². The monoisotopic (exact) mass is 423 g/mol. The Labute approximate surface area is 177 Å². The Hall–Kier alpha value is -3.72. The summed E-state index contributed by atoms with van der Waals surface area (Å²) in [4.78, 5) is 28.0. The highest BCUT2D eigenvalue weighted by Crippen LogP contribution is 2.33. The smallest absolute Gasteiger partial charge is 0.333 e. The highest BCUT2D eigenvalue weighted by atomic mass is 16.5. The number of hydrogen-bond acceptors (Lipinski definition) is 8. The zero-order valence-electron chi connectivity index (χ0n) is 16.8. The third-order valence-electron chi connectivity index (χ3n) is 4.96. The van der Waals surface area contributed by atoms with Crippen LogP contribution in [0, 0.1) is 5.92 Å². The lowest BCUT2D eigenvalue weighted by Crippen LogP contribution is -2.18. The van der Waals surface area contributed by atoms with Gasteiger partial charge in [-0.15, -0.1) is 0 Å². The van der Waals surface area contributed by atoms with Gasteiger partial charge in [-0.05, 0) is 42.5 Å². The maximum absolute atomic E-state index is 12.8. The average molecular weight is 423 g/mol. The number of benzene rings is 2. The number of ether oxygens (including phenoxy) is 2. The van der Waals surface area contributed by atoms with E-state index in [4.69, 9.17) is 19.2 Å². The van der Waals surface area contributed by atoms with Gasteiger partial charge in [0, 0.05) is 17.5 Å². The van der Waals surface area contributed by atoms with Crippen molar-refractivity contribution >= 4 is 11.7 Å². The quantitative estimate of drug-likeness (QED) is 0.306. The Morgan fingerprint density at radius 2 is 1.94 bits per heavy atom. The summed E-state index contributed by atoms with van der Waals surface area (Å²) in [5.41, 5.74) is 3.40. The van der Waals surface area contributed by atoms with Gasteiger partial charge in [-0.25, -0.2) is 5.48 Å². The van der Waals surface area contributed by atoms with Crippen LogP contribution in [0.2, 0.25) is 0 Å². The molecule has 3 aromatic rings. The molecule has 0 bridgehead atoms. The minimum absolute atomic E-state index is 0.0480. The molecule has 1 aromatic heterocycles. The number of Topliss-reactive ketones (excluding diaryl/α,β-unsaturated/α-hetero) is 1. The molecular formula is C22H21N3O6. The van der Waals surface area contributed by atoms with Crippen molar-refractivity contribution in [1.82, 2.24) is 15.6 Å². The largest absolute Gasteiger partial charge is 0.493 e. The van der Waals surface area contributed by atoms with Gasteiger partial charge in [-0.2, -0.15) is 4.98 Å². The molecule has 0 aliphatic heterocycles. The van der Waals surface area contributed by atoms with Crippen molar-refractivity contribution < 1.29 is 28.8 Å². The van der Waals surface area contributed by atoms with E-state index >= 15 is 0 Å². The third-order valence-corrected chi connectivity index (χ3v) is 4.96. The summed E-state index contributed by atoms with van der Waals surface area (Å²) in [6, 6.07) is 12.2. The van der Waals surface area contributed by atoms with Crippen LogP contribution in [0.3, 0.4) is 0 Å². The number of carbonyl (C=O) groups is 2. The molecule has 4 rings (SSSR count). The minimum Gasteiger partial charge on any atom is -0.493 e. The Balaban J connectivity index is 1.44. The fourth-order valence-electron chi connectivity index (χ4n) is 3.00. The van der Waals surface area contributed by atoms with Crippen LogP contribution in [0.15, 0.2) is 47.0 Å². The van der Waals surface area contributed by atoms with Crippen molar-refractivity contribution in [3.63, 3.8) is 0 Å². The molecule has 9 heteroatoms.